The van der Waals surface area contributed by atoms with Crippen molar-refractivity contribution in [1.29, 1.82) is 0 Å². The number of amides is 1. The smallest absolute Gasteiger partial charge is 0.497 e. The predicted molar refractivity (Wildman–Crippen MR) is 159 cm³/mol. The van der Waals surface area contributed by atoms with E-state index >= 15 is 0 Å². The highest BCUT2D eigenvalue weighted by molar-refractivity contribution is 6.30. The Labute approximate surface area is 253 Å². The van der Waals surface area contributed by atoms with Gasteiger partial charge in [0.25, 0.3) is 5.91 Å². The topological polar surface area (TPSA) is 92.6 Å². The van der Waals surface area contributed by atoms with Crippen molar-refractivity contribution in [1.82, 2.24) is 0 Å². The van der Waals surface area contributed by atoms with Gasteiger partial charge in [-0.3, -0.25) is 4.79 Å². The lowest BCUT2D eigenvalue weighted by molar-refractivity contribution is -0.274. The predicted octanol–water partition coefficient (Wildman–Crippen LogP) is 6.89. The SMILES string of the molecule is COc1cc(NC(C(=O)N2CCc3ccc(OC(F)(F)F)cc32)c2ccc(Cl)cc2)cc(/C(C)=N/OCCC(C)(C)O)c1. The number of rotatable bonds is 11. The highest BCUT2D eigenvalue weighted by Gasteiger charge is 2.34. The third kappa shape index (κ3) is 8.77. The van der Waals surface area contributed by atoms with Crippen LogP contribution in [0.15, 0.2) is 65.8 Å². The number of nitrogens with zero attached hydrogens (tertiary/aromatic N) is 2. The molecule has 0 fully saturated rings. The number of nitrogens with one attached hydrogen (secondary N) is 1. The molecule has 4 rings (SSSR count). The number of fused-ring (bicyclic) bond motifs is 1. The average Bonchev–Trinajstić information content (AvgIpc) is 3.36. The van der Waals surface area contributed by atoms with E-state index in [1.54, 1.807) is 63.2 Å². The van der Waals surface area contributed by atoms with Crippen molar-refractivity contribution in [3.05, 3.63) is 82.4 Å². The second-order valence-electron chi connectivity index (χ2n) is 10.7. The van der Waals surface area contributed by atoms with Gasteiger partial charge in [0.1, 0.15) is 24.1 Å². The molecular formula is C31H33ClF3N3O5. The van der Waals surface area contributed by atoms with Gasteiger partial charge < -0.3 is 29.6 Å². The van der Waals surface area contributed by atoms with E-state index in [2.05, 4.69) is 15.2 Å². The zero-order valence-corrected chi connectivity index (χ0v) is 24.9. The first kappa shape index (κ1) is 32.0. The minimum atomic E-state index is -4.86. The van der Waals surface area contributed by atoms with Crippen LogP contribution in [-0.4, -0.2) is 49.0 Å². The van der Waals surface area contributed by atoms with Crippen molar-refractivity contribution in [2.75, 3.05) is 30.5 Å². The van der Waals surface area contributed by atoms with E-state index in [1.807, 2.05) is 0 Å². The molecule has 43 heavy (non-hydrogen) atoms. The van der Waals surface area contributed by atoms with E-state index in [4.69, 9.17) is 21.2 Å². The molecule has 0 saturated heterocycles. The van der Waals surface area contributed by atoms with Gasteiger partial charge in [0.2, 0.25) is 0 Å². The van der Waals surface area contributed by atoms with Crippen LogP contribution in [0.4, 0.5) is 24.5 Å². The lowest BCUT2D eigenvalue weighted by Crippen LogP contribution is -2.37. The van der Waals surface area contributed by atoms with Gasteiger partial charge in [-0.1, -0.05) is 35.0 Å². The minimum absolute atomic E-state index is 0.218. The first-order valence-corrected chi connectivity index (χ1v) is 13.9. The van der Waals surface area contributed by atoms with Crippen LogP contribution in [-0.2, 0) is 16.1 Å². The summed E-state index contributed by atoms with van der Waals surface area (Å²) in [6.07, 6.45) is -3.99. The molecule has 8 nitrogen and oxygen atoms in total. The van der Waals surface area contributed by atoms with Gasteiger partial charge in [0, 0.05) is 41.4 Å². The first-order chi connectivity index (χ1) is 20.2. The van der Waals surface area contributed by atoms with Crippen LogP contribution in [0.25, 0.3) is 0 Å². The maximum absolute atomic E-state index is 14.1. The molecule has 3 aromatic carbocycles. The summed E-state index contributed by atoms with van der Waals surface area (Å²) in [4.78, 5) is 20.9. The molecule has 1 unspecified atom stereocenters. The molecule has 1 aliphatic heterocycles. The van der Waals surface area contributed by atoms with Crippen LogP contribution in [0.2, 0.25) is 5.02 Å². The summed E-state index contributed by atoms with van der Waals surface area (Å²) in [5, 5.41) is 17.8. The number of halogens is 4. The van der Waals surface area contributed by atoms with Crippen LogP contribution in [0.1, 0.15) is 49.9 Å². The number of benzene rings is 3. The van der Waals surface area contributed by atoms with Gasteiger partial charge in [-0.2, -0.15) is 0 Å². The summed E-state index contributed by atoms with van der Waals surface area (Å²) < 4.78 is 48.3. The minimum Gasteiger partial charge on any atom is -0.497 e. The fourth-order valence-electron chi connectivity index (χ4n) is 4.55. The van der Waals surface area contributed by atoms with Crippen LogP contribution < -0.4 is 19.7 Å². The fraction of sp³-hybridized carbons (Fsp3) is 0.355. The third-order valence-corrected chi connectivity index (χ3v) is 7.03. The van der Waals surface area contributed by atoms with Crippen molar-refractivity contribution in [2.24, 2.45) is 5.16 Å². The molecule has 0 aliphatic carbocycles. The van der Waals surface area contributed by atoms with Crippen LogP contribution in [0.5, 0.6) is 11.5 Å². The summed E-state index contributed by atoms with van der Waals surface area (Å²) in [7, 11) is 1.51. The number of anilines is 2. The number of aliphatic hydroxyl groups is 1. The molecule has 3 aromatic rings. The summed E-state index contributed by atoms with van der Waals surface area (Å²) in [6.45, 7) is 5.62. The van der Waals surface area contributed by atoms with Crippen molar-refractivity contribution in [2.45, 2.75) is 51.6 Å². The molecule has 0 radical (unpaired) electrons. The zero-order chi connectivity index (χ0) is 31.4. The Morgan fingerprint density at radius 2 is 1.81 bits per heavy atom. The molecule has 0 saturated carbocycles. The van der Waals surface area contributed by atoms with E-state index in [-0.39, 0.29) is 19.1 Å². The maximum atomic E-state index is 14.1. The number of oxime groups is 1. The normalized spacial score (nSPS) is 14.3. The number of methoxy groups -OCH3 is 1. The molecule has 1 atom stereocenters. The van der Waals surface area contributed by atoms with E-state index in [0.717, 1.165) is 5.56 Å². The molecule has 12 heteroatoms. The van der Waals surface area contributed by atoms with Crippen LogP contribution in [0.3, 0.4) is 0 Å². The average molecular weight is 620 g/mol. The Morgan fingerprint density at radius 3 is 2.47 bits per heavy atom. The highest BCUT2D eigenvalue weighted by Crippen LogP contribution is 2.36. The van der Waals surface area contributed by atoms with E-state index in [0.29, 0.717) is 51.8 Å². The van der Waals surface area contributed by atoms with Crippen molar-refractivity contribution >= 4 is 34.6 Å². The van der Waals surface area contributed by atoms with Gasteiger partial charge >= 0.3 is 6.36 Å². The number of hydrogen-bond acceptors (Lipinski definition) is 7. The third-order valence-electron chi connectivity index (χ3n) is 6.78. The zero-order valence-electron chi connectivity index (χ0n) is 24.2. The second-order valence-corrected chi connectivity index (χ2v) is 11.2. The van der Waals surface area contributed by atoms with Gasteiger partial charge in [0.05, 0.1) is 24.1 Å². The van der Waals surface area contributed by atoms with Crippen LogP contribution >= 0.6 is 11.6 Å². The Hall–Kier alpha value is -3.96. The van der Waals surface area contributed by atoms with E-state index < -0.39 is 23.8 Å². The quantitative estimate of drug-likeness (QED) is 0.138. The standard InChI is InChI=1S/C31H33ClF3N3O5/c1-19(37-42-14-12-30(2,3)40)22-15-24(17-26(16-22)41-4)36-28(21-5-8-23(32)9-6-21)29(39)38-13-11-20-7-10-25(18-27(20)38)43-31(33,34)35/h5-10,15-18,28,36,40H,11-14H2,1-4H3/b37-19+. The number of hydrogen-bond donors (Lipinski definition) is 2. The molecule has 0 spiro atoms. The van der Waals surface area contributed by atoms with E-state index in [9.17, 15) is 23.1 Å². The Balaban J connectivity index is 1.65. The fourth-order valence-corrected chi connectivity index (χ4v) is 4.68. The molecule has 1 amide bonds. The van der Waals surface area contributed by atoms with Gasteiger partial charge in [0.15, 0.2) is 0 Å². The lowest BCUT2D eigenvalue weighted by atomic mass is 10.0. The Bertz CT molecular complexity index is 1470. The number of carbonyl (C=O) groups excluding carboxylic acids is 1. The maximum Gasteiger partial charge on any atom is 0.573 e. The van der Waals surface area contributed by atoms with Crippen LogP contribution in [0, 0.1) is 0 Å². The number of carbonyl (C=O) groups is 1. The van der Waals surface area contributed by atoms with Crippen molar-refractivity contribution in [3.63, 3.8) is 0 Å². The first-order valence-electron chi connectivity index (χ1n) is 13.5. The highest BCUT2D eigenvalue weighted by atomic mass is 35.5. The van der Waals surface area contributed by atoms with Gasteiger partial charge in [-0.25, -0.2) is 0 Å². The largest absolute Gasteiger partial charge is 0.573 e. The monoisotopic (exact) mass is 619 g/mol. The second kappa shape index (κ2) is 13.1. The molecule has 0 aromatic heterocycles. The molecule has 0 bridgehead atoms. The van der Waals surface area contributed by atoms with Gasteiger partial charge in [-0.15, -0.1) is 13.2 Å². The summed E-state index contributed by atoms with van der Waals surface area (Å²) in [5.41, 5.74) is 2.52. The molecule has 2 N–H and O–H groups in total. The Kier molecular flexibility index (Phi) is 9.76. The number of ether oxygens (including phenoxy) is 2. The van der Waals surface area contributed by atoms with E-state index in [1.165, 1.54) is 30.2 Å². The molecule has 1 aliphatic rings. The summed E-state index contributed by atoms with van der Waals surface area (Å²) in [5.74, 6) is -0.289. The lowest BCUT2D eigenvalue weighted by Gasteiger charge is -2.27. The molecule has 1 heterocycles. The number of alkyl halides is 3. The van der Waals surface area contributed by atoms with Crippen molar-refractivity contribution in [3.8, 4) is 11.5 Å². The summed E-state index contributed by atoms with van der Waals surface area (Å²) >= 11 is 6.12. The Morgan fingerprint density at radius 1 is 1.09 bits per heavy atom. The van der Waals surface area contributed by atoms with Gasteiger partial charge in [-0.05, 0) is 68.7 Å². The molecular weight excluding hydrogens is 587 g/mol. The van der Waals surface area contributed by atoms with Crippen molar-refractivity contribution < 1.29 is 37.4 Å². The summed E-state index contributed by atoms with van der Waals surface area (Å²) in [6, 6.07) is 15.1. The molecule has 230 valence electrons.